The minimum Gasteiger partial charge on any atom is -0.482 e. The summed E-state index contributed by atoms with van der Waals surface area (Å²) in [6.45, 7) is -0.280. The van der Waals surface area contributed by atoms with Crippen molar-refractivity contribution in [3.8, 4) is 11.8 Å². The fourth-order valence-electron chi connectivity index (χ4n) is 1.63. The smallest absolute Gasteiger partial charge is 0.262 e. The number of carbonyl (C=O) groups is 1. The van der Waals surface area contributed by atoms with Gasteiger partial charge in [-0.05, 0) is 30.3 Å². The van der Waals surface area contributed by atoms with Crippen LogP contribution in [0.4, 0.5) is 5.69 Å². The van der Waals surface area contributed by atoms with Gasteiger partial charge < -0.3 is 10.1 Å². The fraction of sp³-hybridized carbons (Fsp3) is 0.0667. The van der Waals surface area contributed by atoms with Crippen LogP contribution in [0.2, 0.25) is 15.1 Å². The molecule has 0 aliphatic rings. The van der Waals surface area contributed by atoms with Crippen LogP contribution in [0.25, 0.3) is 0 Å². The molecular formula is C15H9Cl3N2O2. The lowest BCUT2D eigenvalue weighted by molar-refractivity contribution is -0.118. The number of rotatable bonds is 4. The zero-order valence-corrected chi connectivity index (χ0v) is 13.3. The molecule has 0 unspecified atom stereocenters. The SMILES string of the molecule is N#Cc1ccc(Cl)cc1NC(=O)COc1cc(Cl)ccc1Cl. The van der Waals surface area contributed by atoms with E-state index in [1.165, 1.54) is 18.2 Å². The molecule has 0 aromatic heterocycles. The van der Waals surface area contributed by atoms with Crippen LogP contribution in [0.5, 0.6) is 5.75 Å². The number of nitrogens with one attached hydrogen (secondary N) is 1. The maximum absolute atomic E-state index is 11.9. The zero-order valence-electron chi connectivity index (χ0n) is 11.1. The summed E-state index contributed by atoms with van der Waals surface area (Å²) in [6, 6.07) is 11.2. The average molecular weight is 356 g/mol. The van der Waals surface area contributed by atoms with E-state index >= 15 is 0 Å². The van der Waals surface area contributed by atoms with Gasteiger partial charge in [0, 0.05) is 16.1 Å². The largest absolute Gasteiger partial charge is 0.482 e. The Morgan fingerprint density at radius 3 is 2.55 bits per heavy atom. The monoisotopic (exact) mass is 354 g/mol. The van der Waals surface area contributed by atoms with Crippen LogP contribution in [0.1, 0.15) is 5.56 Å². The highest BCUT2D eigenvalue weighted by molar-refractivity contribution is 6.34. The lowest BCUT2D eigenvalue weighted by atomic mass is 10.2. The maximum atomic E-state index is 11.9. The number of hydrogen-bond donors (Lipinski definition) is 1. The molecule has 0 fully saturated rings. The van der Waals surface area contributed by atoms with E-state index in [0.717, 1.165) is 0 Å². The van der Waals surface area contributed by atoms with Gasteiger partial charge in [0.2, 0.25) is 0 Å². The molecule has 0 saturated carbocycles. The van der Waals surface area contributed by atoms with Crippen molar-refractivity contribution in [1.82, 2.24) is 0 Å². The molecule has 1 amide bonds. The molecule has 0 saturated heterocycles. The van der Waals surface area contributed by atoms with E-state index in [9.17, 15) is 4.79 Å². The minimum absolute atomic E-state index is 0.280. The van der Waals surface area contributed by atoms with E-state index in [0.29, 0.717) is 32.1 Å². The molecule has 4 nitrogen and oxygen atoms in total. The van der Waals surface area contributed by atoms with Gasteiger partial charge in [0.1, 0.15) is 11.8 Å². The van der Waals surface area contributed by atoms with Gasteiger partial charge >= 0.3 is 0 Å². The predicted molar refractivity (Wildman–Crippen MR) is 86.8 cm³/mol. The highest BCUT2D eigenvalue weighted by atomic mass is 35.5. The number of nitrogens with zero attached hydrogens (tertiary/aromatic N) is 1. The Morgan fingerprint density at radius 2 is 1.82 bits per heavy atom. The molecule has 0 bridgehead atoms. The number of hydrogen-bond acceptors (Lipinski definition) is 3. The van der Waals surface area contributed by atoms with Crippen molar-refractivity contribution in [2.24, 2.45) is 0 Å². The van der Waals surface area contributed by atoms with E-state index in [1.807, 2.05) is 6.07 Å². The van der Waals surface area contributed by atoms with E-state index in [2.05, 4.69) is 5.32 Å². The molecule has 0 atom stereocenters. The molecule has 0 aliphatic carbocycles. The number of halogens is 3. The molecule has 0 radical (unpaired) electrons. The van der Waals surface area contributed by atoms with Gasteiger partial charge in [-0.3, -0.25) is 4.79 Å². The molecule has 2 aromatic rings. The first kappa shape index (κ1) is 16.4. The van der Waals surface area contributed by atoms with Crippen molar-refractivity contribution in [3.05, 3.63) is 57.0 Å². The van der Waals surface area contributed by atoms with Gasteiger partial charge in [-0.25, -0.2) is 0 Å². The van der Waals surface area contributed by atoms with E-state index in [4.69, 9.17) is 44.8 Å². The van der Waals surface area contributed by atoms with Crippen molar-refractivity contribution in [2.45, 2.75) is 0 Å². The van der Waals surface area contributed by atoms with Crippen LogP contribution >= 0.6 is 34.8 Å². The molecule has 2 aromatic carbocycles. The summed E-state index contributed by atoms with van der Waals surface area (Å²) in [4.78, 5) is 11.9. The third kappa shape index (κ3) is 4.28. The summed E-state index contributed by atoms with van der Waals surface area (Å²) in [6.07, 6.45) is 0. The highest BCUT2D eigenvalue weighted by Crippen LogP contribution is 2.27. The summed E-state index contributed by atoms with van der Waals surface area (Å²) < 4.78 is 5.31. The third-order valence-electron chi connectivity index (χ3n) is 2.63. The number of ether oxygens (including phenoxy) is 1. The second-order valence-corrected chi connectivity index (χ2v) is 5.49. The van der Waals surface area contributed by atoms with Gasteiger partial charge in [0.05, 0.1) is 16.3 Å². The lowest BCUT2D eigenvalue weighted by Crippen LogP contribution is -2.20. The van der Waals surface area contributed by atoms with Crippen LogP contribution in [-0.2, 0) is 4.79 Å². The molecule has 0 heterocycles. The maximum Gasteiger partial charge on any atom is 0.262 e. The summed E-state index contributed by atoms with van der Waals surface area (Å²) in [5.74, 6) is -0.147. The van der Waals surface area contributed by atoms with Crippen molar-refractivity contribution in [3.63, 3.8) is 0 Å². The Labute approximate surface area is 142 Å². The van der Waals surface area contributed by atoms with E-state index in [-0.39, 0.29) is 6.61 Å². The molecule has 0 aliphatic heterocycles. The molecule has 2 rings (SSSR count). The Balaban J connectivity index is 2.03. The number of benzene rings is 2. The van der Waals surface area contributed by atoms with Gasteiger partial charge in [-0.1, -0.05) is 34.8 Å². The van der Waals surface area contributed by atoms with Crippen molar-refractivity contribution >= 4 is 46.4 Å². The average Bonchev–Trinajstić information content (AvgIpc) is 2.48. The standard InChI is InChI=1S/C15H9Cl3N2O2/c16-10-2-1-9(7-19)13(5-10)20-15(21)8-22-14-6-11(17)3-4-12(14)18/h1-6H,8H2,(H,20,21). The molecule has 0 spiro atoms. The van der Waals surface area contributed by atoms with Gasteiger partial charge in [-0.2, -0.15) is 5.26 Å². The van der Waals surface area contributed by atoms with Crippen LogP contribution in [0.3, 0.4) is 0 Å². The summed E-state index contributed by atoms with van der Waals surface area (Å²) in [5, 5.41) is 12.8. The first-order valence-electron chi connectivity index (χ1n) is 6.07. The first-order chi connectivity index (χ1) is 10.5. The number of nitriles is 1. The fourth-order valence-corrected chi connectivity index (χ4v) is 2.14. The van der Waals surface area contributed by atoms with Gasteiger partial charge in [0.25, 0.3) is 5.91 Å². The lowest BCUT2D eigenvalue weighted by Gasteiger charge is -2.10. The number of amides is 1. The van der Waals surface area contributed by atoms with Crippen LogP contribution in [0, 0.1) is 11.3 Å². The Morgan fingerprint density at radius 1 is 1.14 bits per heavy atom. The topological polar surface area (TPSA) is 62.1 Å². The Bertz CT molecular complexity index is 757. The van der Waals surface area contributed by atoms with E-state index in [1.54, 1.807) is 18.2 Å². The van der Waals surface area contributed by atoms with Crippen LogP contribution in [-0.4, -0.2) is 12.5 Å². The predicted octanol–water partition coefficient (Wildman–Crippen LogP) is 4.54. The van der Waals surface area contributed by atoms with Crippen molar-refractivity contribution in [2.75, 3.05) is 11.9 Å². The Hall–Kier alpha value is -1.93. The highest BCUT2D eigenvalue weighted by Gasteiger charge is 2.10. The Kier molecular flexibility index (Phi) is 5.51. The summed E-state index contributed by atoms with van der Waals surface area (Å²) >= 11 is 17.6. The van der Waals surface area contributed by atoms with Gasteiger partial charge in [-0.15, -0.1) is 0 Å². The second kappa shape index (κ2) is 7.37. The van der Waals surface area contributed by atoms with Crippen LogP contribution < -0.4 is 10.1 Å². The van der Waals surface area contributed by atoms with Crippen molar-refractivity contribution in [1.29, 1.82) is 5.26 Å². The third-order valence-corrected chi connectivity index (χ3v) is 3.41. The first-order valence-corrected chi connectivity index (χ1v) is 7.20. The molecule has 22 heavy (non-hydrogen) atoms. The molecule has 112 valence electrons. The molecule has 1 N–H and O–H groups in total. The summed E-state index contributed by atoms with van der Waals surface area (Å²) in [5.41, 5.74) is 0.624. The van der Waals surface area contributed by atoms with Crippen LogP contribution in [0.15, 0.2) is 36.4 Å². The molecule has 7 heteroatoms. The van der Waals surface area contributed by atoms with Crippen molar-refractivity contribution < 1.29 is 9.53 Å². The molecular weight excluding hydrogens is 347 g/mol. The number of anilines is 1. The minimum atomic E-state index is -0.449. The number of carbonyl (C=O) groups excluding carboxylic acids is 1. The summed E-state index contributed by atoms with van der Waals surface area (Å²) in [7, 11) is 0. The second-order valence-electron chi connectivity index (χ2n) is 4.21. The quantitative estimate of drug-likeness (QED) is 0.876. The van der Waals surface area contributed by atoms with Gasteiger partial charge in [0.15, 0.2) is 6.61 Å². The normalized spacial score (nSPS) is 9.91. The van der Waals surface area contributed by atoms with E-state index < -0.39 is 5.91 Å². The zero-order chi connectivity index (χ0) is 16.1.